The van der Waals surface area contributed by atoms with Crippen molar-refractivity contribution in [3.05, 3.63) is 121 Å². The summed E-state index contributed by atoms with van der Waals surface area (Å²) in [5.74, 6) is 1.66. The summed E-state index contributed by atoms with van der Waals surface area (Å²) in [5.41, 5.74) is 7.41. The fourth-order valence-electron chi connectivity index (χ4n) is 4.32. The topological polar surface area (TPSA) is 49.2 Å². The van der Waals surface area contributed by atoms with Gasteiger partial charge >= 0.3 is 0 Å². The SMILES string of the molecule is N#Cc1cccc(-c2cccc(-c3cccc(N4c5ccccc5Oc5ccccc54)c3)c2)n1. The van der Waals surface area contributed by atoms with Crippen LogP contribution in [0.3, 0.4) is 0 Å². The quantitative estimate of drug-likeness (QED) is 0.283. The van der Waals surface area contributed by atoms with E-state index >= 15 is 0 Å². The van der Waals surface area contributed by atoms with Crippen molar-refractivity contribution >= 4 is 17.1 Å². The van der Waals surface area contributed by atoms with Crippen LogP contribution in [0.4, 0.5) is 17.1 Å². The largest absolute Gasteiger partial charge is 0.453 e. The van der Waals surface area contributed by atoms with Gasteiger partial charge in [-0.1, -0.05) is 60.7 Å². The van der Waals surface area contributed by atoms with E-state index in [2.05, 4.69) is 64.5 Å². The Morgan fingerprint density at radius 2 is 1.24 bits per heavy atom. The molecule has 0 saturated heterocycles. The molecule has 1 aliphatic heterocycles. The Labute approximate surface area is 198 Å². The molecule has 6 rings (SSSR count). The second-order valence-electron chi connectivity index (χ2n) is 8.02. The zero-order valence-electron chi connectivity index (χ0n) is 18.2. The molecule has 0 bridgehead atoms. The molecule has 0 radical (unpaired) electrons. The van der Waals surface area contributed by atoms with E-state index in [9.17, 15) is 5.26 Å². The normalized spacial score (nSPS) is 11.7. The lowest BCUT2D eigenvalue weighted by Crippen LogP contribution is -2.15. The van der Waals surface area contributed by atoms with E-state index in [0.29, 0.717) is 5.69 Å². The van der Waals surface area contributed by atoms with Crippen LogP contribution in [0.5, 0.6) is 11.5 Å². The molecule has 160 valence electrons. The minimum absolute atomic E-state index is 0.412. The summed E-state index contributed by atoms with van der Waals surface area (Å²) in [6.45, 7) is 0. The summed E-state index contributed by atoms with van der Waals surface area (Å²) < 4.78 is 6.16. The number of hydrogen-bond donors (Lipinski definition) is 0. The summed E-state index contributed by atoms with van der Waals surface area (Å²) in [6.07, 6.45) is 0. The molecule has 4 aromatic carbocycles. The van der Waals surface area contributed by atoms with Gasteiger partial charge in [-0.15, -0.1) is 0 Å². The molecule has 0 spiro atoms. The maximum absolute atomic E-state index is 9.21. The summed E-state index contributed by atoms with van der Waals surface area (Å²) in [7, 11) is 0. The Hall–Kier alpha value is -4.88. The Morgan fingerprint density at radius 1 is 0.618 bits per heavy atom. The molecule has 0 fully saturated rings. The monoisotopic (exact) mass is 437 g/mol. The maximum Gasteiger partial charge on any atom is 0.151 e. The molecule has 2 heterocycles. The average molecular weight is 438 g/mol. The van der Waals surface area contributed by atoms with Crippen LogP contribution in [0, 0.1) is 11.3 Å². The highest BCUT2D eigenvalue weighted by Crippen LogP contribution is 2.50. The second-order valence-corrected chi connectivity index (χ2v) is 8.02. The van der Waals surface area contributed by atoms with E-state index in [1.165, 1.54) is 0 Å². The molecule has 0 aliphatic carbocycles. The molecule has 0 saturated carbocycles. The van der Waals surface area contributed by atoms with E-state index in [-0.39, 0.29) is 0 Å². The Morgan fingerprint density at radius 3 is 1.97 bits per heavy atom. The highest BCUT2D eigenvalue weighted by Gasteiger charge is 2.25. The number of anilines is 3. The number of hydrogen-bond acceptors (Lipinski definition) is 4. The standard InChI is InChI=1S/C30H19N3O/c31-20-24-11-7-13-26(32-24)23-10-5-8-21(18-23)22-9-6-12-25(19-22)33-27-14-1-3-16-29(27)34-30-17-4-2-15-28(30)33/h1-19H. The maximum atomic E-state index is 9.21. The fraction of sp³-hybridized carbons (Fsp3) is 0. The molecule has 0 unspecified atom stereocenters. The minimum Gasteiger partial charge on any atom is -0.453 e. The van der Waals surface area contributed by atoms with Crippen molar-refractivity contribution in [2.45, 2.75) is 0 Å². The summed E-state index contributed by atoms with van der Waals surface area (Å²) in [6, 6.07) is 40.5. The summed E-state index contributed by atoms with van der Waals surface area (Å²) in [4.78, 5) is 6.69. The first-order valence-electron chi connectivity index (χ1n) is 11.0. The van der Waals surface area contributed by atoms with Crippen molar-refractivity contribution in [1.82, 2.24) is 4.98 Å². The lowest BCUT2D eigenvalue weighted by atomic mass is 10.00. The van der Waals surface area contributed by atoms with Crippen LogP contribution in [0.15, 0.2) is 115 Å². The van der Waals surface area contributed by atoms with Crippen LogP contribution in [-0.2, 0) is 0 Å². The number of aromatic nitrogens is 1. The molecular weight excluding hydrogens is 418 g/mol. The molecule has 4 nitrogen and oxygen atoms in total. The smallest absolute Gasteiger partial charge is 0.151 e. The first kappa shape index (κ1) is 19.8. The predicted octanol–water partition coefficient (Wildman–Crippen LogP) is 7.86. The van der Waals surface area contributed by atoms with Gasteiger partial charge < -0.3 is 9.64 Å². The molecule has 5 aromatic rings. The predicted molar refractivity (Wildman–Crippen MR) is 135 cm³/mol. The van der Waals surface area contributed by atoms with Gasteiger partial charge in [0.15, 0.2) is 11.5 Å². The van der Waals surface area contributed by atoms with Crippen LogP contribution < -0.4 is 9.64 Å². The number of pyridine rings is 1. The number of nitrogens with zero attached hydrogens (tertiary/aromatic N) is 3. The number of fused-ring (bicyclic) bond motifs is 2. The van der Waals surface area contributed by atoms with Gasteiger partial charge in [-0.2, -0.15) is 5.26 Å². The number of ether oxygens (including phenoxy) is 1. The van der Waals surface area contributed by atoms with Crippen molar-refractivity contribution in [3.63, 3.8) is 0 Å². The Kier molecular flexibility index (Phi) is 4.79. The minimum atomic E-state index is 0.412. The van der Waals surface area contributed by atoms with E-state index in [1.54, 1.807) is 6.07 Å². The molecule has 34 heavy (non-hydrogen) atoms. The van der Waals surface area contributed by atoms with E-state index in [0.717, 1.165) is 50.9 Å². The van der Waals surface area contributed by atoms with Gasteiger partial charge in [0.25, 0.3) is 0 Å². The molecule has 4 heteroatoms. The summed E-state index contributed by atoms with van der Waals surface area (Å²) in [5, 5.41) is 9.21. The summed E-state index contributed by atoms with van der Waals surface area (Å²) >= 11 is 0. The first-order valence-corrected chi connectivity index (χ1v) is 11.0. The van der Waals surface area contributed by atoms with Gasteiger partial charge in [-0.05, 0) is 65.7 Å². The third-order valence-electron chi connectivity index (χ3n) is 5.89. The van der Waals surface area contributed by atoms with Crippen LogP contribution >= 0.6 is 0 Å². The van der Waals surface area contributed by atoms with Gasteiger partial charge in [-0.3, -0.25) is 0 Å². The van der Waals surface area contributed by atoms with Crippen molar-refractivity contribution in [3.8, 4) is 40.0 Å². The van der Waals surface area contributed by atoms with Crippen molar-refractivity contribution in [1.29, 1.82) is 5.26 Å². The fourth-order valence-corrected chi connectivity index (χ4v) is 4.32. The van der Waals surface area contributed by atoms with Crippen molar-refractivity contribution < 1.29 is 4.74 Å². The molecule has 0 atom stereocenters. The highest BCUT2D eigenvalue weighted by atomic mass is 16.5. The van der Waals surface area contributed by atoms with Gasteiger partial charge in [0.2, 0.25) is 0 Å². The zero-order chi connectivity index (χ0) is 22.9. The molecular formula is C30H19N3O. The van der Waals surface area contributed by atoms with Gasteiger partial charge in [0.1, 0.15) is 11.8 Å². The number of para-hydroxylation sites is 4. The molecule has 0 N–H and O–H groups in total. The van der Waals surface area contributed by atoms with E-state index < -0.39 is 0 Å². The van der Waals surface area contributed by atoms with Crippen molar-refractivity contribution in [2.24, 2.45) is 0 Å². The van der Waals surface area contributed by atoms with E-state index in [4.69, 9.17) is 4.74 Å². The second kappa shape index (κ2) is 8.23. The number of benzene rings is 4. The molecule has 1 aromatic heterocycles. The number of rotatable bonds is 3. The van der Waals surface area contributed by atoms with Gasteiger partial charge in [0, 0.05) is 11.3 Å². The Balaban J connectivity index is 1.44. The van der Waals surface area contributed by atoms with E-state index in [1.807, 2.05) is 60.7 Å². The zero-order valence-corrected chi connectivity index (χ0v) is 18.2. The van der Waals surface area contributed by atoms with Crippen molar-refractivity contribution in [2.75, 3.05) is 4.90 Å². The lowest BCUT2D eigenvalue weighted by molar-refractivity contribution is 0.477. The lowest BCUT2D eigenvalue weighted by Gasteiger charge is -2.33. The van der Waals surface area contributed by atoms with Crippen LogP contribution in [-0.4, -0.2) is 4.98 Å². The molecule has 1 aliphatic rings. The van der Waals surface area contributed by atoms with Gasteiger partial charge in [-0.25, -0.2) is 4.98 Å². The van der Waals surface area contributed by atoms with Crippen LogP contribution in [0.2, 0.25) is 0 Å². The van der Waals surface area contributed by atoms with Crippen LogP contribution in [0.25, 0.3) is 22.4 Å². The third kappa shape index (κ3) is 3.46. The van der Waals surface area contributed by atoms with Crippen LogP contribution in [0.1, 0.15) is 5.69 Å². The van der Waals surface area contributed by atoms with Gasteiger partial charge in [0.05, 0.1) is 17.1 Å². The Bertz CT molecular complexity index is 1520. The average Bonchev–Trinajstić information content (AvgIpc) is 2.92. The highest BCUT2D eigenvalue weighted by molar-refractivity contribution is 5.87. The third-order valence-corrected chi connectivity index (χ3v) is 5.89. The first-order chi connectivity index (χ1) is 16.8. The molecule has 0 amide bonds. The number of nitriles is 1.